The molecule has 0 saturated carbocycles. The average molecular weight is 258 g/mol. The van der Waals surface area contributed by atoms with Crippen LogP contribution in [0.25, 0.3) is 0 Å². The Morgan fingerprint density at radius 2 is 1.95 bits per heavy atom. The Labute approximate surface area is 115 Å². The number of aryl methyl sites for hydroxylation is 1. The molecular weight excluding hydrogens is 236 g/mol. The summed E-state index contributed by atoms with van der Waals surface area (Å²) in [5.74, 6) is 0. The number of rotatable bonds is 6. The minimum atomic E-state index is 0.811. The maximum Gasteiger partial charge on any atom is 0.0539 e. The summed E-state index contributed by atoms with van der Waals surface area (Å²) in [6.07, 6.45) is 5.14. The molecule has 0 radical (unpaired) electrons. The first kappa shape index (κ1) is 13.5. The van der Waals surface area contributed by atoms with Gasteiger partial charge in [0.05, 0.1) is 6.20 Å². The number of anilines is 2. The lowest BCUT2D eigenvalue weighted by Crippen LogP contribution is -2.08. The Balaban J connectivity index is 1.90. The van der Waals surface area contributed by atoms with E-state index in [2.05, 4.69) is 52.7 Å². The maximum atomic E-state index is 4.33. The van der Waals surface area contributed by atoms with Gasteiger partial charge >= 0.3 is 0 Å². The molecule has 1 N–H and O–H groups in total. The molecule has 2 rings (SSSR count). The standard InChI is InChI=1S/C15H22N4/c1-4-9-19-12-13(11-17-19)10-16-14-5-7-15(8-6-14)18(2)3/h5-8,11-12,16H,4,9-10H2,1-3H3. The van der Waals surface area contributed by atoms with Crippen molar-refractivity contribution in [1.29, 1.82) is 0 Å². The highest BCUT2D eigenvalue weighted by atomic mass is 15.3. The largest absolute Gasteiger partial charge is 0.381 e. The van der Waals surface area contributed by atoms with Gasteiger partial charge in [0.15, 0.2) is 0 Å². The quantitative estimate of drug-likeness (QED) is 0.864. The van der Waals surface area contributed by atoms with E-state index in [4.69, 9.17) is 0 Å². The van der Waals surface area contributed by atoms with E-state index in [0.29, 0.717) is 0 Å². The lowest BCUT2D eigenvalue weighted by Gasteiger charge is -2.13. The third kappa shape index (κ3) is 3.74. The van der Waals surface area contributed by atoms with Gasteiger partial charge in [0.2, 0.25) is 0 Å². The van der Waals surface area contributed by atoms with Crippen molar-refractivity contribution in [3.63, 3.8) is 0 Å². The van der Waals surface area contributed by atoms with Crippen molar-refractivity contribution in [2.24, 2.45) is 0 Å². The predicted molar refractivity (Wildman–Crippen MR) is 80.6 cm³/mol. The lowest BCUT2D eigenvalue weighted by molar-refractivity contribution is 0.602. The minimum absolute atomic E-state index is 0.811. The first-order valence-corrected chi connectivity index (χ1v) is 6.71. The van der Waals surface area contributed by atoms with Crippen molar-refractivity contribution < 1.29 is 0 Å². The molecule has 0 fully saturated rings. The Bertz CT molecular complexity index is 499. The molecule has 1 aromatic carbocycles. The Morgan fingerprint density at radius 1 is 1.21 bits per heavy atom. The van der Waals surface area contributed by atoms with E-state index < -0.39 is 0 Å². The summed E-state index contributed by atoms with van der Waals surface area (Å²) in [4.78, 5) is 2.10. The fraction of sp³-hybridized carbons (Fsp3) is 0.400. The van der Waals surface area contributed by atoms with Crippen molar-refractivity contribution in [3.05, 3.63) is 42.2 Å². The van der Waals surface area contributed by atoms with Crippen LogP contribution in [0.3, 0.4) is 0 Å². The second kappa shape index (κ2) is 6.27. The molecule has 0 aliphatic carbocycles. The molecule has 0 amide bonds. The van der Waals surface area contributed by atoms with Crippen molar-refractivity contribution in [2.75, 3.05) is 24.3 Å². The van der Waals surface area contributed by atoms with Gasteiger partial charge in [0.25, 0.3) is 0 Å². The third-order valence-corrected chi connectivity index (χ3v) is 3.02. The van der Waals surface area contributed by atoms with Gasteiger partial charge in [0.1, 0.15) is 0 Å². The number of aromatic nitrogens is 2. The molecule has 2 aromatic rings. The Kier molecular flexibility index (Phi) is 4.44. The van der Waals surface area contributed by atoms with Crippen molar-refractivity contribution in [1.82, 2.24) is 9.78 Å². The second-order valence-electron chi connectivity index (χ2n) is 4.91. The topological polar surface area (TPSA) is 33.1 Å². The van der Waals surface area contributed by atoms with Crippen molar-refractivity contribution in [2.45, 2.75) is 26.4 Å². The molecule has 1 aromatic heterocycles. The van der Waals surface area contributed by atoms with Crippen LogP contribution in [0.15, 0.2) is 36.7 Å². The smallest absolute Gasteiger partial charge is 0.0539 e. The van der Waals surface area contributed by atoms with Crippen LogP contribution in [0, 0.1) is 0 Å². The fourth-order valence-corrected chi connectivity index (χ4v) is 1.93. The average Bonchev–Trinajstić information content (AvgIpc) is 2.85. The molecule has 102 valence electrons. The molecule has 0 bridgehead atoms. The van der Waals surface area contributed by atoms with E-state index in [9.17, 15) is 0 Å². The number of hydrogen-bond acceptors (Lipinski definition) is 3. The zero-order valence-corrected chi connectivity index (χ0v) is 11.9. The molecule has 4 heteroatoms. The minimum Gasteiger partial charge on any atom is -0.381 e. The summed E-state index contributed by atoms with van der Waals surface area (Å²) < 4.78 is 1.99. The fourth-order valence-electron chi connectivity index (χ4n) is 1.93. The number of nitrogens with one attached hydrogen (secondary N) is 1. The van der Waals surface area contributed by atoms with E-state index >= 15 is 0 Å². The summed E-state index contributed by atoms with van der Waals surface area (Å²) in [6.45, 7) is 3.95. The van der Waals surface area contributed by atoms with Crippen LogP contribution in [0.5, 0.6) is 0 Å². The van der Waals surface area contributed by atoms with Gasteiger partial charge < -0.3 is 10.2 Å². The molecule has 0 aliphatic heterocycles. The van der Waals surface area contributed by atoms with Gasteiger partial charge in [-0.25, -0.2) is 0 Å². The molecule has 4 nitrogen and oxygen atoms in total. The van der Waals surface area contributed by atoms with E-state index in [-0.39, 0.29) is 0 Å². The molecule has 0 aliphatic rings. The third-order valence-electron chi connectivity index (χ3n) is 3.02. The molecule has 1 heterocycles. The Hall–Kier alpha value is -1.97. The molecule has 0 unspecified atom stereocenters. The summed E-state index contributed by atoms with van der Waals surface area (Å²) in [7, 11) is 4.09. The van der Waals surface area contributed by atoms with Gasteiger partial charge in [-0.3, -0.25) is 4.68 Å². The molecule has 0 saturated heterocycles. The van der Waals surface area contributed by atoms with E-state index in [1.807, 2.05) is 25.0 Å². The van der Waals surface area contributed by atoms with E-state index in [0.717, 1.165) is 25.2 Å². The zero-order chi connectivity index (χ0) is 13.7. The molecule has 0 atom stereocenters. The van der Waals surface area contributed by atoms with Crippen LogP contribution in [-0.4, -0.2) is 23.9 Å². The van der Waals surface area contributed by atoms with E-state index in [1.165, 1.54) is 11.3 Å². The first-order valence-electron chi connectivity index (χ1n) is 6.71. The highest BCUT2D eigenvalue weighted by Gasteiger charge is 1.99. The van der Waals surface area contributed by atoms with Gasteiger partial charge in [-0.2, -0.15) is 5.10 Å². The highest BCUT2D eigenvalue weighted by molar-refractivity contribution is 5.54. The van der Waals surface area contributed by atoms with Gasteiger partial charge in [0, 0.05) is 50.3 Å². The normalized spacial score (nSPS) is 10.5. The highest BCUT2D eigenvalue weighted by Crippen LogP contribution is 2.16. The SMILES string of the molecule is CCCn1cc(CNc2ccc(N(C)C)cc2)cn1. The summed E-state index contributed by atoms with van der Waals surface area (Å²) in [5.41, 5.74) is 3.56. The lowest BCUT2D eigenvalue weighted by atomic mass is 10.2. The number of hydrogen-bond donors (Lipinski definition) is 1. The van der Waals surface area contributed by atoms with Gasteiger partial charge in [-0.05, 0) is 30.7 Å². The maximum absolute atomic E-state index is 4.33. The van der Waals surface area contributed by atoms with Crippen LogP contribution in [-0.2, 0) is 13.1 Å². The summed E-state index contributed by atoms with van der Waals surface area (Å²) in [5, 5.41) is 7.74. The molecule has 0 spiro atoms. The number of nitrogens with zero attached hydrogens (tertiary/aromatic N) is 3. The van der Waals surface area contributed by atoms with Crippen LogP contribution >= 0.6 is 0 Å². The van der Waals surface area contributed by atoms with Crippen LogP contribution in [0.2, 0.25) is 0 Å². The van der Waals surface area contributed by atoms with Crippen molar-refractivity contribution in [3.8, 4) is 0 Å². The summed E-state index contributed by atoms with van der Waals surface area (Å²) in [6, 6.07) is 8.43. The molecule has 19 heavy (non-hydrogen) atoms. The second-order valence-corrected chi connectivity index (χ2v) is 4.91. The van der Waals surface area contributed by atoms with E-state index in [1.54, 1.807) is 0 Å². The predicted octanol–water partition coefficient (Wildman–Crippen LogP) is 2.97. The summed E-state index contributed by atoms with van der Waals surface area (Å²) >= 11 is 0. The molecular formula is C15H22N4. The van der Waals surface area contributed by atoms with Crippen molar-refractivity contribution >= 4 is 11.4 Å². The zero-order valence-electron chi connectivity index (χ0n) is 11.9. The monoisotopic (exact) mass is 258 g/mol. The van der Waals surface area contributed by atoms with Gasteiger partial charge in [-0.1, -0.05) is 6.92 Å². The first-order chi connectivity index (χ1) is 9.19. The number of benzene rings is 1. The van der Waals surface area contributed by atoms with Crippen LogP contribution in [0.1, 0.15) is 18.9 Å². The Morgan fingerprint density at radius 3 is 2.58 bits per heavy atom. The van der Waals surface area contributed by atoms with Gasteiger partial charge in [-0.15, -0.1) is 0 Å². The van der Waals surface area contributed by atoms with Crippen LogP contribution in [0.4, 0.5) is 11.4 Å². The van der Waals surface area contributed by atoms with Crippen LogP contribution < -0.4 is 10.2 Å².